The van der Waals surface area contributed by atoms with Crippen molar-refractivity contribution in [3.8, 4) is 0 Å². The lowest BCUT2D eigenvalue weighted by atomic mass is 10.0. The number of ketones is 1. The lowest BCUT2D eigenvalue weighted by molar-refractivity contribution is -0.120. The van der Waals surface area contributed by atoms with Gasteiger partial charge in [0.2, 0.25) is 0 Å². The summed E-state index contributed by atoms with van der Waals surface area (Å²) < 4.78 is 0. The third-order valence-electron chi connectivity index (χ3n) is 2.43. The molecule has 2 nitrogen and oxygen atoms in total. The number of hydrogen-bond donors (Lipinski definition) is 0. The van der Waals surface area contributed by atoms with Crippen molar-refractivity contribution < 1.29 is 4.79 Å². The molecule has 1 rings (SSSR count). The molecule has 0 bridgehead atoms. The zero-order valence-electron chi connectivity index (χ0n) is 7.92. The van der Waals surface area contributed by atoms with E-state index in [2.05, 4.69) is 11.9 Å². The Morgan fingerprint density at radius 2 is 2.25 bits per heavy atom. The minimum atomic E-state index is 0.220. The first-order chi connectivity index (χ1) is 5.65. The second-order valence-corrected chi connectivity index (χ2v) is 3.41. The molecule has 0 N–H and O–H groups in total. The number of rotatable bonds is 2. The maximum absolute atomic E-state index is 11.1. The van der Waals surface area contributed by atoms with Gasteiger partial charge in [0.05, 0.1) is 0 Å². The van der Waals surface area contributed by atoms with E-state index in [-0.39, 0.29) is 5.92 Å². The molecule has 0 fully saturated rings. The van der Waals surface area contributed by atoms with Crippen LogP contribution in [0.15, 0.2) is 16.1 Å². The summed E-state index contributed by atoms with van der Waals surface area (Å²) in [5.74, 6) is 0.520. The topological polar surface area (TPSA) is 29.4 Å². The molecule has 1 aliphatic rings. The van der Waals surface area contributed by atoms with Crippen LogP contribution in [0.1, 0.15) is 26.7 Å². The fourth-order valence-corrected chi connectivity index (χ4v) is 1.62. The number of hydrogen-bond acceptors (Lipinski definition) is 2. The van der Waals surface area contributed by atoms with Gasteiger partial charge < -0.3 is 0 Å². The van der Waals surface area contributed by atoms with Gasteiger partial charge in [-0.1, -0.05) is 5.57 Å². The number of Topliss-reactive ketones (excluding diaryl/α,β-unsaturated/α-hetero) is 1. The van der Waals surface area contributed by atoms with Crippen LogP contribution in [0.2, 0.25) is 0 Å². The second kappa shape index (κ2) is 3.65. The van der Waals surface area contributed by atoms with Crippen LogP contribution in [0.3, 0.4) is 0 Å². The van der Waals surface area contributed by atoms with Crippen LogP contribution in [0.5, 0.6) is 0 Å². The SMILES string of the molecule is CN=CC1=C(C)CC(C(C)=O)C1. The minimum absolute atomic E-state index is 0.220. The number of aliphatic imine (C=N–C) groups is 1. The van der Waals surface area contributed by atoms with Crippen molar-refractivity contribution in [3.63, 3.8) is 0 Å². The van der Waals surface area contributed by atoms with E-state index in [0.29, 0.717) is 5.78 Å². The Balaban J connectivity index is 2.67. The largest absolute Gasteiger partial charge is 0.300 e. The Labute approximate surface area is 73.4 Å². The lowest BCUT2D eigenvalue weighted by Crippen LogP contribution is -2.06. The van der Waals surface area contributed by atoms with Gasteiger partial charge in [-0.25, -0.2) is 0 Å². The highest BCUT2D eigenvalue weighted by atomic mass is 16.1. The summed E-state index contributed by atoms with van der Waals surface area (Å²) in [6.45, 7) is 3.75. The molecule has 0 aliphatic heterocycles. The molecule has 0 saturated carbocycles. The molecule has 66 valence electrons. The maximum atomic E-state index is 11.1. The van der Waals surface area contributed by atoms with Gasteiger partial charge in [0.15, 0.2) is 0 Å². The fraction of sp³-hybridized carbons (Fsp3) is 0.600. The molecule has 0 spiro atoms. The van der Waals surface area contributed by atoms with Gasteiger partial charge >= 0.3 is 0 Å². The van der Waals surface area contributed by atoms with Gasteiger partial charge in [0.1, 0.15) is 5.78 Å². The molecule has 0 aromatic rings. The van der Waals surface area contributed by atoms with E-state index in [1.54, 1.807) is 14.0 Å². The van der Waals surface area contributed by atoms with Crippen LogP contribution in [-0.4, -0.2) is 19.0 Å². The van der Waals surface area contributed by atoms with E-state index >= 15 is 0 Å². The van der Waals surface area contributed by atoms with Gasteiger partial charge in [0.25, 0.3) is 0 Å². The molecule has 0 radical (unpaired) electrons. The van der Waals surface area contributed by atoms with Crippen LogP contribution >= 0.6 is 0 Å². The molecule has 0 saturated heterocycles. The summed E-state index contributed by atoms with van der Waals surface area (Å²) in [4.78, 5) is 15.0. The minimum Gasteiger partial charge on any atom is -0.300 e. The van der Waals surface area contributed by atoms with Gasteiger partial charge in [-0.15, -0.1) is 0 Å². The number of carbonyl (C=O) groups is 1. The van der Waals surface area contributed by atoms with E-state index in [1.165, 1.54) is 11.1 Å². The first kappa shape index (κ1) is 9.17. The van der Waals surface area contributed by atoms with Crippen molar-refractivity contribution in [1.82, 2.24) is 0 Å². The smallest absolute Gasteiger partial charge is 0.133 e. The normalized spacial score (nSPS) is 24.1. The average molecular weight is 165 g/mol. The van der Waals surface area contributed by atoms with Crippen LogP contribution in [0.25, 0.3) is 0 Å². The van der Waals surface area contributed by atoms with E-state index in [1.807, 2.05) is 6.21 Å². The summed E-state index contributed by atoms with van der Waals surface area (Å²) in [6, 6.07) is 0. The van der Waals surface area contributed by atoms with Crippen molar-refractivity contribution in [2.45, 2.75) is 26.7 Å². The number of allylic oxidation sites excluding steroid dienone is 2. The molecular weight excluding hydrogens is 150 g/mol. The van der Waals surface area contributed by atoms with Crippen molar-refractivity contribution in [3.05, 3.63) is 11.1 Å². The zero-order valence-corrected chi connectivity index (χ0v) is 7.92. The summed E-state index contributed by atoms with van der Waals surface area (Å²) in [6.07, 6.45) is 3.69. The quantitative estimate of drug-likeness (QED) is 0.575. The monoisotopic (exact) mass is 165 g/mol. The summed E-state index contributed by atoms with van der Waals surface area (Å²) >= 11 is 0. The van der Waals surface area contributed by atoms with Gasteiger partial charge in [-0.3, -0.25) is 9.79 Å². The molecule has 12 heavy (non-hydrogen) atoms. The Morgan fingerprint density at radius 1 is 1.58 bits per heavy atom. The first-order valence-corrected chi connectivity index (χ1v) is 4.26. The van der Waals surface area contributed by atoms with Crippen LogP contribution in [0.4, 0.5) is 0 Å². The Morgan fingerprint density at radius 3 is 2.67 bits per heavy atom. The molecule has 1 atom stereocenters. The highest BCUT2D eigenvalue weighted by Gasteiger charge is 2.23. The summed E-state index contributed by atoms with van der Waals surface area (Å²) in [5.41, 5.74) is 2.57. The van der Waals surface area contributed by atoms with Crippen molar-refractivity contribution in [1.29, 1.82) is 0 Å². The van der Waals surface area contributed by atoms with Gasteiger partial charge in [-0.05, 0) is 32.3 Å². The third-order valence-corrected chi connectivity index (χ3v) is 2.43. The lowest BCUT2D eigenvalue weighted by Gasteiger charge is -2.02. The molecule has 1 unspecified atom stereocenters. The molecule has 0 aromatic carbocycles. The second-order valence-electron chi connectivity index (χ2n) is 3.41. The molecular formula is C10H15NO. The van der Waals surface area contributed by atoms with E-state index in [9.17, 15) is 4.79 Å². The molecule has 2 heteroatoms. The predicted octanol–water partition coefficient (Wildman–Crippen LogP) is 2.00. The predicted molar refractivity (Wildman–Crippen MR) is 50.5 cm³/mol. The maximum Gasteiger partial charge on any atom is 0.133 e. The van der Waals surface area contributed by atoms with Crippen LogP contribution in [-0.2, 0) is 4.79 Å². The first-order valence-electron chi connectivity index (χ1n) is 4.26. The molecule has 1 aliphatic carbocycles. The van der Waals surface area contributed by atoms with Crippen LogP contribution < -0.4 is 0 Å². The van der Waals surface area contributed by atoms with E-state index < -0.39 is 0 Å². The summed E-state index contributed by atoms with van der Waals surface area (Å²) in [5, 5.41) is 0. The number of carbonyl (C=O) groups excluding carboxylic acids is 1. The standard InChI is InChI=1S/C10H15NO/c1-7-4-9(8(2)12)5-10(7)6-11-3/h6,9H,4-5H2,1-3H3. The highest BCUT2D eigenvalue weighted by molar-refractivity contribution is 5.86. The van der Waals surface area contributed by atoms with Gasteiger partial charge in [-0.2, -0.15) is 0 Å². The Bertz CT molecular complexity index is 251. The fourth-order valence-electron chi connectivity index (χ4n) is 1.62. The van der Waals surface area contributed by atoms with Crippen molar-refractivity contribution >= 4 is 12.0 Å². The molecule has 0 heterocycles. The molecule has 0 amide bonds. The third kappa shape index (κ3) is 1.81. The zero-order chi connectivity index (χ0) is 9.14. The Kier molecular flexibility index (Phi) is 2.79. The van der Waals surface area contributed by atoms with Crippen LogP contribution in [0, 0.1) is 5.92 Å². The molecule has 0 aromatic heterocycles. The Hall–Kier alpha value is -0.920. The van der Waals surface area contributed by atoms with E-state index in [4.69, 9.17) is 0 Å². The number of nitrogens with zero attached hydrogens (tertiary/aromatic N) is 1. The average Bonchev–Trinajstić information content (AvgIpc) is 2.34. The van der Waals surface area contributed by atoms with Gasteiger partial charge in [0, 0.05) is 19.2 Å². The van der Waals surface area contributed by atoms with E-state index in [0.717, 1.165) is 12.8 Å². The summed E-state index contributed by atoms with van der Waals surface area (Å²) in [7, 11) is 1.77. The van der Waals surface area contributed by atoms with Crippen molar-refractivity contribution in [2.24, 2.45) is 10.9 Å². The van der Waals surface area contributed by atoms with Crippen molar-refractivity contribution in [2.75, 3.05) is 7.05 Å². The highest BCUT2D eigenvalue weighted by Crippen LogP contribution is 2.30.